The van der Waals surface area contributed by atoms with Gasteiger partial charge >= 0.3 is 0 Å². The molecule has 1 aromatic heterocycles. The molecule has 2 fully saturated rings. The molecule has 4 rings (SSSR count). The van der Waals surface area contributed by atoms with E-state index in [0.29, 0.717) is 0 Å². The molecule has 3 heterocycles. The summed E-state index contributed by atoms with van der Waals surface area (Å²) in [6.07, 6.45) is 2.29. The normalized spacial score (nSPS) is 24.6. The first-order valence-corrected chi connectivity index (χ1v) is 8.61. The van der Waals surface area contributed by atoms with E-state index in [1.807, 2.05) is 12.1 Å². The third-order valence-corrected chi connectivity index (χ3v) is 6.05. The van der Waals surface area contributed by atoms with Gasteiger partial charge in [0.15, 0.2) is 0 Å². The SMILES string of the molecule is Cl.O=C(c1cc2ccccc2s1)N1CC[C@@H]2CNC[C@@H]2CC1. The molecule has 2 aliphatic heterocycles. The van der Waals surface area contributed by atoms with Crippen molar-refractivity contribution in [2.24, 2.45) is 11.8 Å². The summed E-state index contributed by atoms with van der Waals surface area (Å²) in [5.41, 5.74) is 0. The molecule has 0 saturated carbocycles. The summed E-state index contributed by atoms with van der Waals surface area (Å²) in [5.74, 6) is 1.76. The Bertz CT molecular complexity index is 624. The molecule has 0 spiro atoms. The lowest BCUT2D eigenvalue weighted by molar-refractivity contribution is 0.0763. The van der Waals surface area contributed by atoms with Crippen LogP contribution < -0.4 is 5.32 Å². The molecule has 3 nitrogen and oxygen atoms in total. The number of nitrogens with one attached hydrogen (secondary N) is 1. The molecule has 1 aromatic carbocycles. The van der Waals surface area contributed by atoms with Gasteiger partial charge in [-0.25, -0.2) is 0 Å². The molecule has 1 N–H and O–H groups in total. The molecule has 2 atom stereocenters. The molecular weight excluding hydrogens is 316 g/mol. The van der Waals surface area contributed by atoms with Crippen LogP contribution in [-0.2, 0) is 0 Å². The van der Waals surface area contributed by atoms with Crippen LogP contribution in [0.2, 0.25) is 0 Å². The second kappa shape index (κ2) is 6.57. The highest BCUT2D eigenvalue weighted by atomic mass is 35.5. The summed E-state index contributed by atoms with van der Waals surface area (Å²) < 4.78 is 1.21. The maximum absolute atomic E-state index is 12.8. The highest BCUT2D eigenvalue weighted by molar-refractivity contribution is 7.20. The highest BCUT2D eigenvalue weighted by Gasteiger charge is 2.31. The van der Waals surface area contributed by atoms with Gasteiger partial charge in [-0.05, 0) is 55.3 Å². The highest BCUT2D eigenvalue weighted by Crippen LogP contribution is 2.30. The van der Waals surface area contributed by atoms with Crippen molar-refractivity contribution >= 4 is 39.7 Å². The van der Waals surface area contributed by atoms with E-state index in [-0.39, 0.29) is 18.3 Å². The molecule has 0 aliphatic carbocycles. The number of carbonyl (C=O) groups is 1. The van der Waals surface area contributed by atoms with E-state index in [2.05, 4.69) is 28.4 Å². The molecule has 5 heteroatoms. The van der Waals surface area contributed by atoms with Crippen molar-refractivity contribution in [1.29, 1.82) is 0 Å². The molecule has 2 saturated heterocycles. The zero-order valence-electron chi connectivity index (χ0n) is 12.5. The number of benzene rings is 1. The number of rotatable bonds is 1. The summed E-state index contributed by atoms with van der Waals surface area (Å²) >= 11 is 1.62. The third kappa shape index (κ3) is 2.87. The molecule has 1 amide bonds. The zero-order valence-corrected chi connectivity index (χ0v) is 14.1. The Labute approximate surface area is 141 Å². The minimum absolute atomic E-state index is 0. The molecule has 0 bridgehead atoms. The fraction of sp³-hybridized carbons (Fsp3) is 0.471. The van der Waals surface area contributed by atoms with Gasteiger partial charge in [-0.15, -0.1) is 23.7 Å². The quantitative estimate of drug-likeness (QED) is 0.865. The lowest BCUT2D eigenvalue weighted by Crippen LogP contribution is -2.32. The van der Waals surface area contributed by atoms with Crippen LogP contribution in [0.5, 0.6) is 0 Å². The summed E-state index contributed by atoms with van der Waals surface area (Å²) in [4.78, 5) is 15.7. The van der Waals surface area contributed by atoms with E-state index < -0.39 is 0 Å². The Morgan fingerprint density at radius 2 is 1.82 bits per heavy atom. The Kier molecular flexibility index (Phi) is 4.71. The Morgan fingerprint density at radius 3 is 2.50 bits per heavy atom. The molecule has 0 radical (unpaired) electrons. The van der Waals surface area contributed by atoms with Crippen molar-refractivity contribution < 1.29 is 4.79 Å². The Morgan fingerprint density at radius 1 is 1.14 bits per heavy atom. The smallest absolute Gasteiger partial charge is 0.263 e. The van der Waals surface area contributed by atoms with E-state index in [4.69, 9.17) is 0 Å². The fourth-order valence-electron chi connectivity index (χ4n) is 3.66. The molecule has 2 aliphatic rings. The molecule has 118 valence electrons. The van der Waals surface area contributed by atoms with Gasteiger partial charge in [0.05, 0.1) is 4.88 Å². The first-order valence-electron chi connectivity index (χ1n) is 7.80. The zero-order chi connectivity index (χ0) is 14.2. The van der Waals surface area contributed by atoms with Gasteiger partial charge < -0.3 is 10.2 Å². The summed E-state index contributed by atoms with van der Waals surface area (Å²) in [6, 6.07) is 10.3. The first kappa shape index (κ1) is 15.8. The van der Waals surface area contributed by atoms with Crippen molar-refractivity contribution in [2.75, 3.05) is 26.2 Å². The minimum Gasteiger partial charge on any atom is -0.338 e. The van der Waals surface area contributed by atoms with Crippen LogP contribution >= 0.6 is 23.7 Å². The average molecular weight is 337 g/mol. The number of nitrogens with zero attached hydrogens (tertiary/aromatic N) is 1. The van der Waals surface area contributed by atoms with Gasteiger partial charge in [-0.1, -0.05) is 18.2 Å². The van der Waals surface area contributed by atoms with Crippen molar-refractivity contribution in [1.82, 2.24) is 10.2 Å². The fourth-order valence-corrected chi connectivity index (χ4v) is 4.69. The summed E-state index contributed by atoms with van der Waals surface area (Å²) in [6.45, 7) is 4.09. The second-order valence-corrected chi connectivity index (χ2v) is 7.28. The van der Waals surface area contributed by atoms with Gasteiger partial charge in [-0.2, -0.15) is 0 Å². The van der Waals surface area contributed by atoms with Crippen LogP contribution in [-0.4, -0.2) is 37.0 Å². The Hall–Kier alpha value is -1.10. The van der Waals surface area contributed by atoms with Crippen LogP contribution in [0, 0.1) is 11.8 Å². The number of amides is 1. The van der Waals surface area contributed by atoms with E-state index >= 15 is 0 Å². The first-order chi connectivity index (χ1) is 10.3. The second-order valence-electron chi connectivity index (χ2n) is 6.20. The predicted molar refractivity (Wildman–Crippen MR) is 94.1 cm³/mol. The van der Waals surface area contributed by atoms with Gasteiger partial charge in [0.1, 0.15) is 0 Å². The number of likely N-dealkylation sites (tertiary alicyclic amines) is 1. The van der Waals surface area contributed by atoms with E-state index in [9.17, 15) is 4.79 Å². The lowest BCUT2D eigenvalue weighted by Gasteiger charge is -2.20. The molecule has 0 unspecified atom stereocenters. The third-order valence-electron chi connectivity index (χ3n) is 4.94. The standard InChI is InChI=1S/C17H20N2OS.ClH/c20-17(16-9-12-3-1-2-4-15(12)21-16)19-7-5-13-10-18-11-14(13)6-8-19;/h1-4,9,13-14,18H,5-8,10-11H2;1H/t13-,14+;. The number of hydrogen-bond acceptors (Lipinski definition) is 3. The number of thiophene rings is 1. The molecule has 22 heavy (non-hydrogen) atoms. The Balaban J connectivity index is 0.00000144. The van der Waals surface area contributed by atoms with Crippen LogP contribution in [0.4, 0.5) is 0 Å². The van der Waals surface area contributed by atoms with E-state index in [0.717, 1.165) is 55.7 Å². The monoisotopic (exact) mass is 336 g/mol. The summed E-state index contributed by atoms with van der Waals surface area (Å²) in [7, 11) is 0. The molecule has 2 aromatic rings. The maximum atomic E-state index is 12.8. The van der Waals surface area contributed by atoms with Crippen LogP contribution in [0.3, 0.4) is 0 Å². The minimum atomic E-state index is 0. The van der Waals surface area contributed by atoms with Crippen molar-refractivity contribution in [3.63, 3.8) is 0 Å². The van der Waals surface area contributed by atoms with E-state index in [1.54, 1.807) is 11.3 Å². The largest absolute Gasteiger partial charge is 0.338 e. The van der Waals surface area contributed by atoms with Gasteiger partial charge in [-0.3, -0.25) is 4.79 Å². The van der Waals surface area contributed by atoms with Crippen molar-refractivity contribution in [3.05, 3.63) is 35.2 Å². The van der Waals surface area contributed by atoms with E-state index in [1.165, 1.54) is 10.1 Å². The average Bonchev–Trinajstić information content (AvgIpc) is 3.09. The van der Waals surface area contributed by atoms with Crippen molar-refractivity contribution in [2.45, 2.75) is 12.8 Å². The number of fused-ring (bicyclic) bond motifs is 2. The van der Waals surface area contributed by atoms with Crippen LogP contribution in [0.15, 0.2) is 30.3 Å². The number of carbonyl (C=O) groups excluding carboxylic acids is 1. The maximum Gasteiger partial charge on any atom is 0.263 e. The molecular formula is C17H21ClN2OS. The van der Waals surface area contributed by atoms with Gasteiger partial charge in [0.25, 0.3) is 5.91 Å². The predicted octanol–water partition coefficient (Wildman–Crippen LogP) is 3.39. The van der Waals surface area contributed by atoms with Crippen LogP contribution in [0.25, 0.3) is 10.1 Å². The summed E-state index contributed by atoms with van der Waals surface area (Å²) in [5, 5.41) is 4.67. The number of halogens is 1. The number of hydrogen-bond donors (Lipinski definition) is 1. The topological polar surface area (TPSA) is 32.3 Å². The van der Waals surface area contributed by atoms with Crippen LogP contribution in [0.1, 0.15) is 22.5 Å². The van der Waals surface area contributed by atoms with Gasteiger partial charge in [0.2, 0.25) is 0 Å². The van der Waals surface area contributed by atoms with Crippen molar-refractivity contribution in [3.8, 4) is 0 Å². The lowest BCUT2D eigenvalue weighted by atomic mass is 9.92. The van der Waals surface area contributed by atoms with Gasteiger partial charge in [0, 0.05) is 17.8 Å².